The van der Waals surface area contributed by atoms with Crippen LogP contribution >= 0.6 is 0 Å². The first kappa shape index (κ1) is 14.9. The first-order valence-corrected chi connectivity index (χ1v) is 6.67. The molecule has 0 amide bonds. The summed E-state index contributed by atoms with van der Waals surface area (Å²) >= 11 is 0. The highest BCUT2D eigenvalue weighted by Crippen LogP contribution is 2.24. The van der Waals surface area contributed by atoms with Crippen molar-refractivity contribution in [3.05, 3.63) is 0 Å². The van der Waals surface area contributed by atoms with Crippen molar-refractivity contribution in [3.63, 3.8) is 0 Å². The van der Waals surface area contributed by atoms with Crippen LogP contribution < -0.4 is 0 Å². The third kappa shape index (κ3) is 4.09. The van der Waals surface area contributed by atoms with Crippen molar-refractivity contribution >= 4 is 9.84 Å². The van der Waals surface area contributed by atoms with Crippen molar-refractivity contribution in [2.45, 2.75) is 38.9 Å². The summed E-state index contributed by atoms with van der Waals surface area (Å²) in [5.74, 6) is -0.00583. The second-order valence-electron chi connectivity index (χ2n) is 5.31. The van der Waals surface area contributed by atoms with Crippen molar-refractivity contribution < 1.29 is 18.6 Å². The lowest BCUT2D eigenvalue weighted by molar-refractivity contribution is 0.0676. The van der Waals surface area contributed by atoms with Gasteiger partial charge >= 0.3 is 0 Å². The molecule has 0 spiro atoms. The molecular formula is C10H22O4S. The number of aliphatic hydroxyl groups is 2. The molecule has 4 nitrogen and oxygen atoms in total. The number of aliphatic hydroxyl groups excluding tert-OH is 2. The van der Waals surface area contributed by atoms with Crippen LogP contribution in [-0.4, -0.2) is 42.3 Å². The van der Waals surface area contributed by atoms with E-state index in [-0.39, 0.29) is 25.4 Å². The zero-order valence-corrected chi connectivity index (χ0v) is 10.8. The molecule has 0 aliphatic carbocycles. The first-order valence-electron chi connectivity index (χ1n) is 5.02. The maximum Gasteiger partial charge on any atom is 0.155 e. The van der Waals surface area contributed by atoms with E-state index in [2.05, 4.69) is 0 Å². The SMILES string of the molecule is CC(CO)(CO)CCS(=O)(=O)C(C)(C)C. The highest BCUT2D eigenvalue weighted by molar-refractivity contribution is 7.92. The topological polar surface area (TPSA) is 74.6 Å². The van der Waals surface area contributed by atoms with E-state index in [1.165, 1.54) is 0 Å². The molecule has 0 aromatic heterocycles. The fraction of sp³-hybridized carbons (Fsp3) is 1.00. The van der Waals surface area contributed by atoms with Crippen LogP contribution in [0.2, 0.25) is 0 Å². The zero-order chi connectivity index (χ0) is 12.3. The third-order valence-electron chi connectivity index (χ3n) is 2.67. The van der Waals surface area contributed by atoms with Crippen molar-refractivity contribution in [2.24, 2.45) is 5.41 Å². The van der Waals surface area contributed by atoms with Gasteiger partial charge in [-0.15, -0.1) is 0 Å². The van der Waals surface area contributed by atoms with Crippen molar-refractivity contribution in [1.29, 1.82) is 0 Å². The van der Waals surface area contributed by atoms with E-state index in [9.17, 15) is 8.42 Å². The highest BCUT2D eigenvalue weighted by Gasteiger charge is 2.32. The molecule has 2 N–H and O–H groups in total. The molecule has 5 heteroatoms. The van der Waals surface area contributed by atoms with E-state index < -0.39 is 20.0 Å². The summed E-state index contributed by atoms with van der Waals surface area (Å²) in [5, 5.41) is 18.1. The van der Waals surface area contributed by atoms with E-state index in [1.807, 2.05) is 0 Å². The Morgan fingerprint density at radius 2 is 1.40 bits per heavy atom. The Balaban J connectivity index is 4.53. The fourth-order valence-corrected chi connectivity index (χ4v) is 2.27. The van der Waals surface area contributed by atoms with Gasteiger partial charge in [0.15, 0.2) is 9.84 Å². The van der Waals surface area contributed by atoms with Gasteiger partial charge in [-0.25, -0.2) is 8.42 Å². The average molecular weight is 238 g/mol. The second kappa shape index (κ2) is 4.80. The van der Waals surface area contributed by atoms with Gasteiger partial charge in [-0.3, -0.25) is 0 Å². The quantitative estimate of drug-likeness (QED) is 0.735. The summed E-state index contributed by atoms with van der Waals surface area (Å²) in [4.78, 5) is 0. The van der Waals surface area contributed by atoms with Gasteiger partial charge in [-0.1, -0.05) is 6.92 Å². The predicted molar refractivity (Wildman–Crippen MR) is 60.4 cm³/mol. The molecule has 0 unspecified atom stereocenters. The maximum absolute atomic E-state index is 11.8. The Bertz CT molecular complexity index is 283. The van der Waals surface area contributed by atoms with Gasteiger partial charge in [0.2, 0.25) is 0 Å². The minimum absolute atomic E-state index is 0.00583. The monoisotopic (exact) mass is 238 g/mol. The molecule has 0 saturated heterocycles. The smallest absolute Gasteiger partial charge is 0.155 e. The fourth-order valence-electron chi connectivity index (χ4n) is 0.895. The number of hydrogen-bond donors (Lipinski definition) is 2. The Morgan fingerprint density at radius 1 is 1.00 bits per heavy atom. The molecule has 0 fully saturated rings. The summed E-state index contributed by atoms with van der Waals surface area (Å²) in [6.45, 7) is 6.21. The Morgan fingerprint density at radius 3 is 1.67 bits per heavy atom. The average Bonchev–Trinajstić information content (AvgIpc) is 2.13. The molecule has 0 atom stereocenters. The van der Waals surface area contributed by atoms with Crippen LogP contribution in [0.15, 0.2) is 0 Å². The summed E-state index contributed by atoms with van der Waals surface area (Å²) in [6, 6.07) is 0. The van der Waals surface area contributed by atoms with Gasteiger partial charge in [0.1, 0.15) is 0 Å². The lowest BCUT2D eigenvalue weighted by Gasteiger charge is -2.26. The van der Waals surface area contributed by atoms with Crippen LogP contribution in [0.3, 0.4) is 0 Å². The van der Waals surface area contributed by atoms with Crippen LogP contribution in [0.5, 0.6) is 0 Å². The molecule has 0 aliphatic heterocycles. The summed E-state index contributed by atoms with van der Waals surface area (Å²) in [7, 11) is -3.17. The van der Waals surface area contributed by atoms with Crippen molar-refractivity contribution in [1.82, 2.24) is 0 Å². The zero-order valence-electron chi connectivity index (χ0n) is 9.95. The summed E-state index contributed by atoms with van der Waals surface area (Å²) < 4.78 is 22.8. The summed E-state index contributed by atoms with van der Waals surface area (Å²) in [5.41, 5.74) is -0.710. The van der Waals surface area contributed by atoms with Gasteiger partial charge in [0.25, 0.3) is 0 Å². The largest absolute Gasteiger partial charge is 0.396 e. The van der Waals surface area contributed by atoms with E-state index in [4.69, 9.17) is 10.2 Å². The molecule has 15 heavy (non-hydrogen) atoms. The second-order valence-corrected chi connectivity index (χ2v) is 8.17. The van der Waals surface area contributed by atoms with Crippen LogP contribution in [0.1, 0.15) is 34.1 Å². The Kier molecular flexibility index (Phi) is 4.76. The highest BCUT2D eigenvalue weighted by atomic mass is 32.2. The number of sulfone groups is 1. The molecule has 0 aliphatic rings. The number of rotatable bonds is 5. The van der Waals surface area contributed by atoms with Gasteiger partial charge in [0, 0.05) is 5.41 Å². The van der Waals surface area contributed by atoms with Crippen LogP contribution in [0.4, 0.5) is 0 Å². The molecule has 92 valence electrons. The van der Waals surface area contributed by atoms with Gasteiger partial charge < -0.3 is 10.2 Å². The molecule has 0 aromatic carbocycles. The lowest BCUT2D eigenvalue weighted by atomic mass is 9.90. The molecular weight excluding hydrogens is 216 g/mol. The molecule has 0 rings (SSSR count). The maximum atomic E-state index is 11.8. The van der Waals surface area contributed by atoms with Crippen molar-refractivity contribution in [2.75, 3.05) is 19.0 Å². The molecule has 0 bridgehead atoms. The first-order chi connectivity index (χ1) is 6.58. The molecule has 0 radical (unpaired) electrons. The molecule has 0 aromatic rings. The van der Waals surface area contributed by atoms with E-state index >= 15 is 0 Å². The minimum atomic E-state index is -3.17. The third-order valence-corrected chi connectivity index (χ3v) is 5.28. The Hall–Kier alpha value is -0.130. The van der Waals surface area contributed by atoms with Crippen LogP contribution in [-0.2, 0) is 9.84 Å². The molecule has 0 heterocycles. The van der Waals surface area contributed by atoms with E-state index in [0.717, 1.165) is 0 Å². The van der Waals surface area contributed by atoms with E-state index in [0.29, 0.717) is 0 Å². The minimum Gasteiger partial charge on any atom is -0.396 e. The van der Waals surface area contributed by atoms with Crippen LogP contribution in [0, 0.1) is 5.41 Å². The Labute approximate surface area is 92.2 Å². The predicted octanol–water partition coefficient (Wildman–Crippen LogP) is 0.581. The van der Waals surface area contributed by atoms with Gasteiger partial charge in [0.05, 0.1) is 23.7 Å². The molecule has 0 saturated carbocycles. The number of hydrogen-bond acceptors (Lipinski definition) is 4. The lowest BCUT2D eigenvalue weighted by Crippen LogP contribution is -2.35. The van der Waals surface area contributed by atoms with Gasteiger partial charge in [-0.2, -0.15) is 0 Å². The van der Waals surface area contributed by atoms with E-state index in [1.54, 1.807) is 27.7 Å². The standard InChI is InChI=1S/C10H22O4S/c1-9(2,3)15(13,14)6-5-10(4,7-11)8-12/h11-12H,5-8H2,1-4H3. The van der Waals surface area contributed by atoms with Crippen molar-refractivity contribution in [3.8, 4) is 0 Å². The van der Waals surface area contributed by atoms with Crippen LogP contribution in [0.25, 0.3) is 0 Å². The van der Waals surface area contributed by atoms with Gasteiger partial charge in [-0.05, 0) is 27.2 Å². The normalized spacial score (nSPS) is 14.3. The summed E-state index contributed by atoms with van der Waals surface area (Å²) in [6.07, 6.45) is 0.277.